The van der Waals surface area contributed by atoms with Crippen molar-refractivity contribution in [2.75, 3.05) is 17.3 Å². The van der Waals surface area contributed by atoms with E-state index < -0.39 is 4.92 Å². The third kappa shape index (κ3) is 3.73. The van der Waals surface area contributed by atoms with Crippen molar-refractivity contribution in [2.45, 2.75) is 19.9 Å². The van der Waals surface area contributed by atoms with Gasteiger partial charge in [-0.3, -0.25) is 14.9 Å². The fourth-order valence-electron chi connectivity index (χ4n) is 1.58. The number of ketones is 1. The third-order valence-electron chi connectivity index (χ3n) is 2.42. The second-order valence-electron chi connectivity index (χ2n) is 4.05. The Morgan fingerprint density at radius 1 is 1.56 bits per heavy atom. The number of rotatable bonds is 6. The van der Waals surface area contributed by atoms with Gasteiger partial charge in [0, 0.05) is 23.4 Å². The van der Waals surface area contributed by atoms with E-state index in [0.717, 1.165) is 5.75 Å². The van der Waals surface area contributed by atoms with Crippen LogP contribution in [0.5, 0.6) is 0 Å². The molecule has 6 heteroatoms. The lowest BCUT2D eigenvalue weighted by Gasteiger charge is -2.14. The van der Waals surface area contributed by atoms with Gasteiger partial charge in [-0.05, 0) is 32.2 Å². The second-order valence-corrected chi connectivity index (χ2v) is 4.96. The van der Waals surface area contributed by atoms with Crippen molar-refractivity contribution in [1.29, 1.82) is 0 Å². The number of hydrogen-bond acceptors (Lipinski definition) is 5. The molecule has 5 nitrogen and oxygen atoms in total. The summed E-state index contributed by atoms with van der Waals surface area (Å²) in [5.41, 5.74) is 0.743. The minimum atomic E-state index is -0.472. The zero-order valence-electron chi connectivity index (χ0n) is 10.6. The highest BCUT2D eigenvalue weighted by Crippen LogP contribution is 2.26. The number of hydrogen-bond donors (Lipinski definition) is 1. The molecule has 1 atom stereocenters. The van der Waals surface area contributed by atoms with Gasteiger partial charge in [0.15, 0.2) is 5.78 Å². The summed E-state index contributed by atoms with van der Waals surface area (Å²) < 4.78 is 0. The number of carbonyl (C=O) groups is 1. The molecule has 1 N–H and O–H groups in total. The first kappa shape index (κ1) is 14.5. The molecule has 0 aliphatic heterocycles. The van der Waals surface area contributed by atoms with Crippen molar-refractivity contribution >= 4 is 28.9 Å². The predicted octanol–water partition coefficient (Wildman–Crippen LogP) is 2.96. The van der Waals surface area contributed by atoms with Crippen LogP contribution in [-0.4, -0.2) is 28.8 Å². The van der Waals surface area contributed by atoms with Gasteiger partial charge in [0.05, 0.1) is 4.92 Å². The van der Waals surface area contributed by atoms with Crippen molar-refractivity contribution in [2.24, 2.45) is 0 Å². The molecule has 1 unspecified atom stereocenters. The average Bonchev–Trinajstić information content (AvgIpc) is 2.29. The molecule has 0 spiro atoms. The maximum absolute atomic E-state index is 11.2. The van der Waals surface area contributed by atoms with E-state index in [1.54, 1.807) is 23.9 Å². The number of nitrogens with one attached hydrogen (secondary N) is 1. The molecule has 0 fully saturated rings. The monoisotopic (exact) mass is 268 g/mol. The van der Waals surface area contributed by atoms with Crippen LogP contribution in [0, 0.1) is 10.1 Å². The fraction of sp³-hybridized carbons (Fsp3) is 0.417. The molecule has 0 amide bonds. The summed E-state index contributed by atoms with van der Waals surface area (Å²) >= 11 is 1.66. The van der Waals surface area contributed by atoms with Gasteiger partial charge in [0.2, 0.25) is 0 Å². The molecular weight excluding hydrogens is 252 g/mol. The largest absolute Gasteiger partial charge is 0.376 e. The van der Waals surface area contributed by atoms with E-state index in [1.807, 2.05) is 13.2 Å². The molecule has 0 bridgehead atoms. The summed E-state index contributed by atoms with van der Waals surface area (Å²) in [6, 6.07) is 4.63. The summed E-state index contributed by atoms with van der Waals surface area (Å²) in [5.74, 6) is 0.674. The summed E-state index contributed by atoms with van der Waals surface area (Å²) in [6.07, 6.45) is 1.98. The summed E-state index contributed by atoms with van der Waals surface area (Å²) in [7, 11) is 0. The first-order valence-electron chi connectivity index (χ1n) is 5.50. The molecule has 98 valence electrons. The quantitative estimate of drug-likeness (QED) is 0.488. The van der Waals surface area contributed by atoms with Gasteiger partial charge in [0.25, 0.3) is 5.69 Å². The molecule has 0 aromatic heterocycles. The molecule has 0 radical (unpaired) electrons. The Kier molecular flexibility index (Phi) is 5.15. The predicted molar refractivity (Wildman–Crippen MR) is 74.6 cm³/mol. The molecule has 1 aromatic carbocycles. The standard InChI is InChI=1S/C12H16N2O3S/c1-8(7-18-3)13-11-5-4-10(9(2)15)6-12(11)14(16)17/h4-6,8,13H,7H2,1-3H3. The highest BCUT2D eigenvalue weighted by Gasteiger charge is 2.17. The number of benzene rings is 1. The SMILES string of the molecule is CSCC(C)Nc1ccc(C(C)=O)cc1[N+](=O)[O-]. The van der Waals surface area contributed by atoms with Gasteiger partial charge >= 0.3 is 0 Å². The van der Waals surface area contributed by atoms with Crippen molar-refractivity contribution in [3.8, 4) is 0 Å². The van der Waals surface area contributed by atoms with Gasteiger partial charge in [-0.15, -0.1) is 0 Å². The topological polar surface area (TPSA) is 72.2 Å². The Balaban J connectivity index is 3.04. The Labute approximate surface area is 110 Å². The Bertz CT molecular complexity index is 463. The Hall–Kier alpha value is -1.56. The number of thioether (sulfide) groups is 1. The van der Waals surface area contributed by atoms with Gasteiger partial charge in [-0.2, -0.15) is 11.8 Å². The highest BCUT2D eigenvalue weighted by molar-refractivity contribution is 7.98. The minimum absolute atomic E-state index is 0.0596. The van der Waals surface area contributed by atoms with Gasteiger partial charge in [0.1, 0.15) is 5.69 Å². The molecule has 0 heterocycles. The van der Waals surface area contributed by atoms with E-state index in [-0.39, 0.29) is 17.5 Å². The number of nitrogens with zero attached hydrogens (tertiary/aromatic N) is 1. The van der Waals surface area contributed by atoms with E-state index in [9.17, 15) is 14.9 Å². The van der Waals surface area contributed by atoms with Gasteiger partial charge in [-0.25, -0.2) is 0 Å². The van der Waals surface area contributed by atoms with Gasteiger partial charge < -0.3 is 5.32 Å². The van der Waals surface area contributed by atoms with Crippen LogP contribution in [0.2, 0.25) is 0 Å². The van der Waals surface area contributed by atoms with Crippen LogP contribution in [0.4, 0.5) is 11.4 Å². The molecule has 0 aliphatic carbocycles. The summed E-state index contributed by atoms with van der Waals surface area (Å²) in [6.45, 7) is 3.35. The average molecular weight is 268 g/mol. The lowest BCUT2D eigenvalue weighted by atomic mass is 10.1. The van der Waals surface area contributed by atoms with Crippen LogP contribution < -0.4 is 5.32 Å². The van der Waals surface area contributed by atoms with Crippen molar-refractivity contribution < 1.29 is 9.72 Å². The van der Waals surface area contributed by atoms with E-state index >= 15 is 0 Å². The molecule has 18 heavy (non-hydrogen) atoms. The van der Waals surface area contributed by atoms with Crippen molar-refractivity contribution in [3.63, 3.8) is 0 Å². The van der Waals surface area contributed by atoms with Crippen molar-refractivity contribution in [1.82, 2.24) is 0 Å². The van der Waals surface area contributed by atoms with Crippen molar-refractivity contribution in [3.05, 3.63) is 33.9 Å². The molecule has 0 aliphatic rings. The molecule has 1 aromatic rings. The second kappa shape index (κ2) is 6.39. The maximum Gasteiger partial charge on any atom is 0.293 e. The van der Waals surface area contributed by atoms with Crippen LogP contribution in [0.1, 0.15) is 24.2 Å². The maximum atomic E-state index is 11.2. The Morgan fingerprint density at radius 2 is 2.22 bits per heavy atom. The molecule has 1 rings (SSSR count). The normalized spacial score (nSPS) is 11.9. The third-order valence-corrected chi connectivity index (χ3v) is 3.25. The summed E-state index contributed by atoms with van der Waals surface area (Å²) in [5, 5.41) is 14.1. The van der Waals surface area contributed by atoms with Gasteiger partial charge in [-0.1, -0.05) is 0 Å². The highest BCUT2D eigenvalue weighted by atomic mass is 32.2. The molecular formula is C12H16N2O3S. The van der Waals surface area contributed by atoms with Crippen LogP contribution in [0.15, 0.2) is 18.2 Å². The lowest BCUT2D eigenvalue weighted by molar-refractivity contribution is -0.384. The van der Waals surface area contributed by atoms with E-state index in [2.05, 4.69) is 5.32 Å². The number of carbonyl (C=O) groups excluding carboxylic acids is 1. The van der Waals surface area contributed by atoms with E-state index in [4.69, 9.17) is 0 Å². The fourth-order valence-corrected chi connectivity index (χ4v) is 2.16. The molecule has 0 saturated heterocycles. The number of nitro benzene ring substituents is 1. The minimum Gasteiger partial charge on any atom is -0.376 e. The number of anilines is 1. The van der Waals surface area contributed by atoms with Crippen LogP contribution in [0.3, 0.4) is 0 Å². The Morgan fingerprint density at radius 3 is 2.72 bits per heavy atom. The zero-order chi connectivity index (χ0) is 13.7. The number of nitro groups is 1. The molecule has 0 saturated carbocycles. The first-order valence-corrected chi connectivity index (χ1v) is 6.90. The number of Topliss-reactive ketones (excluding diaryl/α,β-unsaturated/α-hetero) is 1. The van der Waals surface area contributed by atoms with Crippen LogP contribution in [-0.2, 0) is 0 Å². The van der Waals surface area contributed by atoms with Crippen LogP contribution >= 0.6 is 11.8 Å². The van der Waals surface area contributed by atoms with E-state index in [1.165, 1.54) is 13.0 Å². The lowest BCUT2D eigenvalue weighted by Crippen LogP contribution is -2.18. The first-order chi connectivity index (χ1) is 8.45. The summed E-state index contributed by atoms with van der Waals surface area (Å²) in [4.78, 5) is 21.7. The van der Waals surface area contributed by atoms with E-state index in [0.29, 0.717) is 11.3 Å². The van der Waals surface area contributed by atoms with Crippen LogP contribution in [0.25, 0.3) is 0 Å². The smallest absolute Gasteiger partial charge is 0.293 e. The zero-order valence-corrected chi connectivity index (χ0v) is 11.4.